The number of hydrogen-bond acceptors (Lipinski definition) is 5. The fourth-order valence-electron chi connectivity index (χ4n) is 3.07. The van der Waals surface area contributed by atoms with E-state index in [2.05, 4.69) is 26.0 Å². The number of sulfonamides is 1. The Balaban J connectivity index is 1.89. The maximum absolute atomic E-state index is 13.1. The molecule has 0 aromatic heterocycles. The molecule has 3 aromatic carbocycles. The van der Waals surface area contributed by atoms with Crippen LogP contribution in [0.5, 0.6) is 11.5 Å². The molecule has 0 aliphatic rings. The number of anilines is 1. The van der Waals surface area contributed by atoms with Gasteiger partial charge in [-0.05, 0) is 42.3 Å². The molecule has 0 unspecified atom stereocenters. The number of nitrogens with one attached hydrogen (secondary N) is 2. The second-order valence-corrected chi connectivity index (χ2v) is 9.51. The van der Waals surface area contributed by atoms with Crippen LogP contribution in [0.15, 0.2) is 82.2 Å². The fraction of sp³-hybridized carbons (Fsp3) is 0.174. The van der Waals surface area contributed by atoms with Crippen molar-refractivity contribution < 1.29 is 22.7 Å². The second kappa shape index (κ2) is 10.6. The van der Waals surface area contributed by atoms with Gasteiger partial charge in [-0.3, -0.25) is 4.79 Å². The van der Waals surface area contributed by atoms with Gasteiger partial charge in [0.05, 0.1) is 19.1 Å². The third-order valence-corrected chi connectivity index (χ3v) is 6.62. The smallest absolute Gasteiger partial charge is 0.242 e. The zero-order valence-electron chi connectivity index (χ0n) is 17.5. The molecule has 9 heteroatoms. The van der Waals surface area contributed by atoms with Gasteiger partial charge in [0.2, 0.25) is 15.9 Å². The monoisotopic (exact) mass is 518 g/mol. The van der Waals surface area contributed by atoms with Gasteiger partial charge >= 0.3 is 0 Å². The summed E-state index contributed by atoms with van der Waals surface area (Å²) in [6.45, 7) is 0. The van der Waals surface area contributed by atoms with Crippen LogP contribution in [0.3, 0.4) is 0 Å². The number of benzene rings is 3. The average Bonchev–Trinajstić information content (AvgIpc) is 2.78. The molecule has 0 radical (unpaired) electrons. The van der Waals surface area contributed by atoms with Gasteiger partial charge in [0, 0.05) is 16.2 Å². The minimum absolute atomic E-state index is 0.0385. The van der Waals surface area contributed by atoms with Gasteiger partial charge < -0.3 is 14.8 Å². The molecule has 2 N–H and O–H groups in total. The van der Waals surface area contributed by atoms with Crippen molar-refractivity contribution in [2.45, 2.75) is 17.4 Å². The molecule has 0 fully saturated rings. The molecule has 0 aliphatic heterocycles. The van der Waals surface area contributed by atoms with E-state index in [1.54, 1.807) is 18.2 Å². The Kier molecular flexibility index (Phi) is 7.89. The van der Waals surface area contributed by atoms with E-state index in [4.69, 9.17) is 9.47 Å². The van der Waals surface area contributed by atoms with Crippen molar-refractivity contribution in [1.29, 1.82) is 0 Å². The number of carbonyl (C=O) groups is 1. The Labute approximate surface area is 195 Å². The number of hydrogen-bond donors (Lipinski definition) is 2. The van der Waals surface area contributed by atoms with Gasteiger partial charge in [-0.15, -0.1) is 0 Å². The van der Waals surface area contributed by atoms with Crippen molar-refractivity contribution in [2.24, 2.45) is 0 Å². The SMILES string of the molecule is COc1ccc(S(=O)(=O)N[C@H](Cc2ccccc2)C(=O)Nc2cccc(Br)c2)cc1OC. The van der Waals surface area contributed by atoms with Crippen LogP contribution >= 0.6 is 15.9 Å². The van der Waals surface area contributed by atoms with Crippen LogP contribution < -0.4 is 19.5 Å². The predicted molar refractivity (Wildman–Crippen MR) is 127 cm³/mol. The summed E-state index contributed by atoms with van der Waals surface area (Å²) >= 11 is 3.36. The van der Waals surface area contributed by atoms with E-state index >= 15 is 0 Å². The molecular weight excluding hydrogens is 496 g/mol. The number of halogens is 1. The van der Waals surface area contributed by atoms with Crippen molar-refractivity contribution >= 4 is 37.5 Å². The van der Waals surface area contributed by atoms with Crippen LogP contribution in [-0.4, -0.2) is 34.6 Å². The van der Waals surface area contributed by atoms with Crippen LogP contribution in [-0.2, 0) is 21.2 Å². The minimum atomic E-state index is -4.04. The summed E-state index contributed by atoms with van der Waals surface area (Å²) in [4.78, 5) is 13.0. The molecule has 0 heterocycles. The van der Waals surface area contributed by atoms with E-state index in [0.29, 0.717) is 11.4 Å². The Morgan fingerprint density at radius 2 is 1.66 bits per heavy atom. The standard InChI is InChI=1S/C23H23BrN2O5S/c1-30-21-12-11-19(15-22(21)31-2)32(28,29)26-20(13-16-7-4-3-5-8-16)23(27)25-18-10-6-9-17(24)14-18/h3-12,14-15,20,26H,13H2,1-2H3,(H,25,27)/t20-/m1/s1. The highest BCUT2D eigenvalue weighted by atomic mass is 79.9. The molecule has 168 valence electrons. The third kappa shape index (κ3) is 6.09. The highest BCUT2D eigenvalue weighted by Crippen LogP contribution is 2.29. The Morgan fingerprint density at radius 3 is 2.31 bits per heavy atom. The summed E-state index contributed by atoms with van der Waals surface area (Å²) in [5, 5.41) is 2.78. The van der Waals surface area contributed by atoms with Crippen molar-refractivity contribution in [1.82, 2.24) is 4.72 Å². The normalized spacial score (nSPS) is 12.1. The lowest BCUT2D eigenvalue weighted by Gasteiger charge is -2.19. The zero-order valence-corrected chi connectivity index (χ0v) is 19.9. The van der Waals surface area contributed by atoms with E-state index in [9.17, 15) is 13.2 Å². The maximum Gasteiger partial charge on any atom is 0.242 e. The molecule has 3 aromatic rings. The van der Waals surface area contributed by atoms with Crippen molar-refractivity contribution in [3.63, 3.8) is 0 Å². The number of ether oxygens (including phenoxy) is 2. The first-order valence-corrected chi connectivity index (χ1v) is 11.9. The van der Waals surface area contributed by atoms with Crippen LogP contribution in [0, 0.1) is 0 Å². The van der Waals surface area contributed by atoms with Gasteiger partial charge in [0.25, 0.3) is 0 Å². The molecule has 32 heavy (non-hydrogen) atoms. The Hall–Kier alpha value is -2.88. The van der Waals surface area contributed by atoms with Gasteiger partial charge in [-0.1, -0.05) is 52.3 Å². The summed E-state index contributed by atoms with van der Waals surface area (Å²) in [6.07, 6.45) is 0.174. The predicted octanol–water partition coefficient (Wildman–Crippen LogP) is 3.99. The van der Waals surface area contributed by atoms with Gasteiger partial charge in [0.1, 0.15) is 6.04 Å². The second-order valence-electron chi connectivity index (χ2n) is 6.88. The van der Waals surface area contributed by atoms with E-state index in [0.717, 1.165) is 10.0 Å². The highest BCUT2D eigenvalue weighted by molar-refractivity contribution is 9.10. The number of carbonyl (C=O) groups excluding carboxylic acids is 1. The third-order valence-electron chi connectivity index (χ3n) is 4.65. The highest BCUT2D eigenvalue weighted by Gasteiger charge is 2.27. The molecule has 0 saturated carbocycles. The maximum atomic E-state index is 13.1. The van der Waals surface area contributed by atoms with Crippen LogP contribution in [0.25, 0.3) is 0 Å². The lowest BCUT2D eigenvalue weighted by atomic mass is 10.1. The quantitative estimate of drug-likeness (QED) is 0.446. The first kappa shape index (κ1) is 23.8. The lowest BCUT2D eigenvalue weighted by Crippen LogP contribution is -2.45. The minimum Gasteiger partial charge on any atom is -0.493 e. The van der Waals surface area contributed by atoms with Crippen LogP contribution in [0.1, 0.15) is 5.56 Å². The first-order valence-electron chi connectivity index (χ1n) is 9.67. The molecular formula is C23H23BrN2O5S. The van der Waals surface area contributed by atoms with E-state index < -0.39 is 22.0 Å². The van der Waals surface area contributed by atoms with Crippen molar-refractivity contribution in [3.8, 4) is 11.5 Å². The van der Waals surface area contributed by atoms with Crippen LogP contribution in [0.2, 0.25) is 0 Å². The molecule has 0 bridgehead atoms. The summed E-state index contributed by atoms with van der Waals surface area (Å²) in [5.74, 6) is 0.198. The van der Waals surface area contributed by atoms with Gasteiger partial charge in [-0.25, -0.2) is 8.42 Å². The molecule has 1 atom stereocenters. The largest absolute Gasteiger partial charge is 0.493 e. The number of amides is 1. The summed E-state index contributed by atoms with van der Waals surface area (Å²) < 4.78 is 39.9. The summed E-state index contributed by atoms with van der Waals surface area (Å²) in [7, 11) is -1.15. The zero-order chi connectivity index (χ0) is 23.1. The fourth-order valence-corrected chi connectivity index (χ4v) is 4.68. The average molecular weight is 519 g/mol. The Bertz CT molecular complexity index is 1190. The summed E-state index contributed by atoms with van der Waals surface area (Å²) in [5.41, 5.74) is 1.37. The molecule has 0 aliphatic carbocycles. The van der Waals surface area contributed by atoms with Gasteiger partial charge in [0.15, 0.2) is 11.5 Å². The topological polar surface area (TPSA) is 93.7 Å². The summed E-state index contributed by atoms with van der Waals surface area (Å²) in [6, 6.07) is 19.5. The van der Waals surface area contributed by atoms with Crippen LogP contribution in [0.4, 0.5) is 5.69 Å². The number of rotatable bonds is 9. The van der Waals surface area contributed by atoms with Crippen molar-refractivity contribution in [3.05, 3.63) is 82.8 Å². The Morgan fingerprint density at radius 1 is 0.938 bits per heavy atom. The molecule has 1 amide bonds. The molecule has 7 nitrogen and oxygen atoms in total. The molecule has 3 rings (SSSR count). The van der Waals surface area contributed by atoms with Crippen molar-refractivity contribution in [2.75, 3.05) is 19.5 Å². The molecule has 0 spiro atoms. The van der Waals surface area contributed by atoms with E-state index in [-0.39, 0.29) is 17.1 Å². The molecule has 0 saturated heterocycles. The first-order chi connectivity index (χ1) is 15.3. The van der Waals surface area contributed by atoms with Gasteiger partial charge in [-0.2, -0.15) is 4.72 Å². The number of methoxy groups -OCH3 is 2. The van der Waals surface area contributed by atoms with E-state index in [1.165, 1.54) is 32.4 Å². The lowest BCUT2D eigenvalue weighted by molar-refractivity contribution is -0.117. The van der Waals surface area contributed by atoms with E-state index in [1.807, 2.05) is 36.4 Å².